The van der Waals surface area contributed by atoms with Crippen molar-refractivity contribution in [1.82, 2.24) is 0 Å². The molecule has 1 aromatic carbocycles. The van der Waals surface area contributed by atoms with E-state index in [2.05, 4.69) is 0 Å². The van der Waals surface area contributed by atoms with Gasteiger partial charge in [-0.3, -0.25) is 4.79 Å². The molecule has 0 atom stereocenters. The monoisotopic (exact) mass is 266 g/mol. The quantitative estimate of drug-likeness (QED) is 0.798. The van der Waals surface area contributed by atoms with E-state index >= 15 is 0 Å². The zero-order valence-corrected chi connectivity index (χ0v) is 10.7. The lowest BCUT2D eigenvalue weighted by molar-refractivity contribution is -0.230. The number of carboxylic acids is 1. The minimum absolute atomic E-state index is 0.117. The Morgan fingerprint density at radius 3 is 2.58 bits per heavy atom. The average Bonchev–Trinajstić information content (AvgIpc) is 2.45. The number of hydrogen-bond donors (Lipinski definition) is 1. The molecule has 0 aliphatic carbocycles. The van der Waals surface area contributed by atoms with Crippen molar-refractivity contribution in [2.45, 2.75) is 25.2 Å². The molecule has 0 spiro atoms. The Morgan fingerprint density at radius 2 is 1.95 bits per heavy atom. The molecule has 0 bridgehead atoms. The van der Waals surface area contributed by atoms with Crippen LogP contribution < -0.4 is 0 Å². The van der Waals surface area contributed by atoms with Crippen molar-refractivity contribution in [3.63, 3.8) is 0 Å². The predicted octanol–water partition coefficient (Wildman–Crippen LogP) is 1.98. The molecule has 0 aromatic heterocycles. The molecule has 2 rings (SSSR count). The summed E-state index contributed by atoms with van der Waals surface area (Å²) in [5.74, 6) is -0.802. The Hall–Kier alpha value is -1.43. The summed E-state index contributed by atoms with van der Waals surface area (Å²) in [6, 6.07) is 9.74. The van der Waals surface area contributed by atoms with Gasteiger partial charge >= 0.3 is 5.97 Å². The molecule has 0 saturated carbocycles. The molecule has 1 aliphatic heterocycles. The van der Waals surface area contributed by atoms with Gasteiger partial charge in [0, 0.05) is 18.6 Å². The molecule has 104 valence electrons. The van der Waals surface area contributed by atoms with Gasteiger partial charge in [-0.2, -0.15) is 0 Å². The van der Waals surface area contributed by atoms with Crippen LogP contribution in [0.25, 0.3) is 0 Å². The molecule has 1 N–H and O–H groups in total. The highest BCUT2D eigenvalue weighted by atomic mass is 16.7. The molecule has 1 saturated heterocycles. The molecular formula is C14H18O5. The van der Waals surface area contributed by atoms with Crippen LogP contribution in [0.5, 0.6) is 0 Å². The normalized spacial score (nSPS) is 23.2. The smallest absolute Gasteiger partial charge is 0.303 e. The van der Waals surface area contributed by atoms with Crippen molar-refractivity contribution >= 4 is 5.97 Å². The maximum Gasteiger partial charge on any atom is 0.303 e. The lowest BCUT2D eigenvalue weighted by Crippen LogP contribution is -2.33. The third-order valence-electron chi connectivity index (χ3n) is 2.83. The Labute approximate surface area is 112 Å². The highest BCUT2D eigenvalue weighted by Gasteiger charge is 2.23. The van der Waals surface area contributed by atoms with Crippen LogP contribution in [-0.2, 0) is 19.0 Å². The third-order valence-corrected chi connectivity index (χ3v) is 2.83. The molecule has 1 heterocycles. The van der Waals surface area contributed by atoms with Crippen LogP contribution in [0.2, 0.25) is 0 Å². The molecule has 1 fully saturated rings. The van der Waals surface area contributed by atoms with E-state index in [9.17, 15) is 4.79 Å². The number of benzene rings is 1. The molecule has 0 amide bonds. The number of rotatable bonds is 6. The molecule has 5 heteroatoms. The number of aliphatic carboxylic acids is 1. The summed E-state index contributed by atoms with van der Waals surface area (Å²) in [5, 5.41) is 8.51. The summed E-state index contributed by atoms with van der Waals surface area (Å²) in [7, 11) is 0. The predicted molar refractivity (Wildman–Crippen MR) is 67.7 cm³/mol. The standard InChI is InChI=1S/C14H18O5/c15-13(16)7-4-8-17-12-9-18-14(19-10-12)11-5-2-1-3-6-11/h1-3,5-6,12,14H,4,7-10H2,(H,15,16). The Balaban J connectivity index is 1.67. The second-order valence-corrected chi connectivity index (χ2v) is 4.40. The van der Waals surface area contributed by atoms with Gasteiger partial charge in [0.1, 0.15) is 6.10 Å². The molecule has 1 aromatic rings. The van der Waals surface area contributed by atoms with Crippen molar-refractivity contribution in [2.24, 2.45) is 0 Å². The second kappa shape index (κ2) is 7.23. The van der Waals surface area contributed by atoms with E-state index in [0.29, 0.717) is 26.2 Å². The molecule has 1 aliphatic rings. The first-order valence-electron chi connectivity index (χ1n) is 6.37. The number of carboxylic acid groups (broad SMARTS) is 1. The lowest BCUT2D eigenvalue weighted by Gasteiger charge is -2.29. The Bertz CT molecular complexity index is 384. The highest BCUT2D eigenvalue weighted by molar-refractivity contribution is 5.66. The minimum atomic E-state index is -0.802. The van der Waals surface area contributed by atoms with Crippen molar-refractivity contribution in [3.05, 3.63) is 35.9 Å². The van der Waals surface area contributed by atoms with Gasteiger partial charge in [-0.1, -0.05) is 30.3 Å². The van der Waals surface area contributed by atoms with E-state index in [4.69, 9.17) is 19.3 Å². The van der Waals surface area contributed by atoms with E-state index in [0.717, 1.165) is 5.56 Å². The summed E-state index contributed by atoms with van der Waals surface area (Å²) >= 11 is 0. The minimum Gasteiger partial charge on any atom is -0.481 e. The fraction of sp³-hybridized carbons (Fsp3) is 0.500. The zero-order chi connectivity index (χ0) is 13.5. The summed E-state index contributed by atoms with van der Waals surface area (Å²) in [6.07, 6.45) is 0.184. The van der Waals surface area contributed by atoms with Gasteiger partial charge in [-0.15, -0.1) is 0 Å². The van der Waals surface area contributed by atoms with Crippen LogP contribution in [0.3, 0.4) is 0 Å². The Morgan fingerprint density at radius 1 is 1.26 bits per heavy atom. The maximum atomic E-state index is 10.3. The van der Waals surface area contributed by atoms with Crippen LogP contribution >= 0.6 is 0 Å². The molecule has 0 radical (unpaired) electrons. The maximum absolute atomic E-state index is 10.3. The summed E-state index contributed by atoms with van der Waals surface area (Å²) in [6.45, 7) is 1.35. The van der Waals surface area contributed by atoms with Crippen molar-refractivity contribution < 1.29 is 24.1 Å². The highest BCUT2D eigenvalue weighted by Crippen LogP contribution is 2.23. The van der Waals surface area contributed by atoms with Gasteiger partial charge in [0.15, 0.2) is 6.29 Å². The van der Waals surface area contributed by atoms with Crippen LogP contribution in [0, 0.1) is 0 Å². The van der Waals surface area contributed by atoms with E-state index in [1.165, 1.54) is 0 Å². The van der Waals surface area contributed by atoms with E-state index in [-0.39, 0.29) is 18.8 Å². The van der Waals surface area contributed by atoms with Crippen molar-refractivity contribution in [2.75, 3.05) is 19.8 Å². The van der Waals surface area contributed by atoms with Crippen LogP contribution in [0.15, 0.2) is 30.3 Å². The van der Waals surface area contributed by atoms with Crippen molar-refractivity contribution in [1.29, 1.82) is 0 Å². The molecular weight excluding hydrogens is 248 g/mol. The Kier molecular flexibility index (Phi) is 5.32. The number of ether oxygens (including phenoxy) is 3. The first-order valence-corrected chi connectivity index (χ1v) is 6.37. The molecule has 19 heavy (non-hydrogen) atoms. The molecule has 5 nitrogen and oxygen atoms in total. The average molecular weight is 266 g/mol. The topological polar surface area (TPSA) is 65.0 Å². The van der Waals surface area contributed by atoms with Gasteiger partial charge in [-0.05, 0) is 6.42 Å². The largest absolute Gasteiger partial charge is 0.481 e. The first kappa shape index (κ1) is 14.0. The summed E-state index contributed by atoms with van der Waals surface area (Å²) in [4.78, 5) is 10.3. The third kappa shape index (κ3) is 4.63. The summed E-state index contributed by atoms with van der Waals surface area (Å²) in [5.41, 5.74) is 0.992. The number of carbonyl (C=O) groups is 1. The zero-order valence-electron chi connectivity index (χ0n) is 10.7. The number of hydrogen-bond acceptors (Lipinski definition) is 4. The van der Waals surface area contributed by atoms with Gasteiger partial charge in [0.05, 0.1) is 13.2 Å². The van der Waals surface area contributed by atoms with Crippen molar-refractivity contribution in [3.8, 4) is 0 Å². The first-order chi connectivity index (χ1) is 9.25. The van der Waals surface area contributed by atoms with Crippen LogP contribution in [0.4, 0.5) is 0 Å². The van der Waals surface area contributed by atoms with Gasteiger partial charge in [-0.25, -0.2) is 0 Å². The van der Waals surface area contributed by atoms with Gasteiger partial charge in [0.25, 0.3) is 0 Å². The SMILES string of the molecule is O=C(O)CCCOC1COC(c2ccccc2)OC1. The second-order valence-electron chi connectivity index (χ2n) is 4.40. The van der Waals surface area contributed by atoms with E-state index < -0.39 is 5.97 Å². The molecule has 0 unspecified atom stereocenters. The van der Waals surface area contributed by atoms with E-state index in [1.807, 2.05) is 30.3 Å². The van der Waals surface area contributed by atoms with Gasteiger partial charge in [0.2, 0.25) is 0 Å². The summed E-state index contributed by atoms with van der Waals surface area (Å²) < 4.78 is 16.7. The fourth-order valence-electron chi connectivity index (χ4n) is 1.86. The van der Waals surface area contributed by atoms with Crippen LogP contribution in [0.1, 0.15) is 24.7 Å². The fourth-order valence-corrected chi connectivity index (χ4v) is 1.86. The lowest BCUT2D eigenvalue weighted by atomic mass is 10.2. The van der Waals surface area contributed by atoms with E-state index in [1.54, 1.807) is 0 Å². The van der Waals surface area contributed by atoms with Crippen LogP contribution in [-0.4, -0.2) is 37.0 Å². The van der Waals surface area contributed by atoms with Gasteiger partial charge < -0.3 is 19.3 Å².